The lowest BCUT2D eigenvalue weighted by Crippen LogP contribution is -2.17. The van der Waals surface area contributed by atoms with Crippen LogP contribution in [0.2, 0.25) is 0 Å². The Morgan fingerprint density at radius 3 is 2.65 bits per heavy atom. The quantitative estimate of drug-likeness (QED) is 0.745. The summed E-state index contributed by atoms with van der Waals surface area (Å²) < 4.78 is 0. The minimum Gasteiger partial charge on any atom is -0.383 e. The molecule has 20 heavy (non-hydrogen) atoms. The molecule has 4 N–H and O–H groups in total. The third kappa shape index (κ3) is 2.10. The van der Waals surface area contributed by atoms with E-state index >= 15 is 0 Å². The second kappa shape index (κ2) is 4.90. The number of pyridine rings is 2. The van der Waals surface area contributed by atoms with Crippen molar-refractivity contribution in [2.24, 2.45) is 5.73 Å². The molecule has 1 aromatic carbocycles. The Labute approximate surface area is 117 Å². The smallest absolute Gasteiger partial charge is 0.128 e. The van der Waals surface area contributed by atoms with Gasteiger partial charge in [0.15, 0.2) is 0 Å². The van der Waals surface area contributed by atoms with Crippen LogP contribution in [-0.4, -0.2) is 9.97 Å². The van der Waals surface area contributed by atoms with Gasteiger partial charge < -0.3 is 11.5 Å². The number of nitrogen functional groups attached to an aromatic ring is 1. The van der Waals surface area contributed by atoms with Crippen molar-refractivity contribution in [2.75, 3.05) is 5.73 Å². The highest BCUT2D eigenvalue weighted by Gasteiger charge is 2.16. The number of aromatic nitrogens is 2. The molecule has 0 spiro atoms. The number of para-hydroxylation sites is 1. The van der Waals surface area contributed by atoms with Crippen molar-refractivity contribution in [1.82, 2.24) is 9.97 Å². The predicted molar refractivity (Wildman–Crippen MR) is 81.2 cm³/mol. The fourth-order valence-electron chi connectivity index (χ4n) is 2.40. The van der Waals surface area contributed by atoms with Crippen LogP contribution >= 0.6 is 0 Å². The van der Waals surface area contributed by atoms with Gasteiger partial charge in [0.1, 0.15) is 5.82 Å². The molecule has 4 nitrogen and oxygen atoms in total. The van der Waals surface area contributed by atoms with Gasteiger partial charge in [-0.3, -0.25) is 4.98 Å². The molecule has 100 valence electrons. The monoisotopic (exact) mass is 264 g/mol. The van der Waals surface area contributed by atoms with E-state index in [4.69, 9.17) is 11.5 Å². The zero-order valence-corrected chi connectivity index (χ0v) is 11.2. The van der Waals surface area contributed by atoms with E-state index in [1.165, 1.54) is 0 Å². The average Bonchev–Trinajstić information content (AvgIpc) is 2.46. The average molecular weight is 264 g/mol. The van der Waals surface area contributed by atoms with E-state index in [-0.39, 0.29) is 6.04 Å². The van der Waals surface area contributed by atoms with Gasteiger partial charge in [-0.1, -0.05) is 24.3 Å². The second-order valence-electron chi connectivity index (χ2n) is 4.83. The lowest BCUT2D eigenvalue weighted by molar-refractivity contribution is 0.825. The molecule has 2 aromatic heterocycles. The largest absolute Gasteiger partial charge is 0.383 e. The van der Waals surface area contributed by atoms with Crippen LogP contribution in [0, 0.1) is 6.92 Å². The Kier molecular flexibility index (Phi) is 3.08. The Morgan fingerprint density at radius 1 is 1.05 bits per heavy atom. The van der Waals surface area contributed by atoms with E-state index in [0.29, 0.717) is 5.82 Å². The Morgan fingerprint density at radius 2 is 1.85 bits per heavy atom. The fourth-order valence-corrected chi connectivity index (χ4v) is 2.40. The van der Waals surface area contributed by atoms with Crippen LogP contribution in [-0.2, 0) is 0 Å². The minimum atomic E-state index is -0.367. The van der Waals surface area contributed by atoms with Crippen molar-refractivity contribution >= 4 is 16.7 Å². The summed E-state index contributed by atoms with van der Waals surface area (Å²) in [5.41, 5.74) is 15.9. The zero-order valence-electron chi connectivity index (χ0n) is 11.2. The predicted octanol–water partition coefficient (Wildman–Crippen LogP) is 2.57. The van der Waals surface area contributed by atoms with E-state index in [2.05, 4.69) is 9.97 Å². The van der Waals surface area contributed by atoms with Gasteiger partial charge in [0.05, 0.1) is 17.3 Å². The number of rotatable bonds is 2. The molecule has 3 rings (SSSR count). The minimum absolute atomic E-state index is 0.367. The summed E-state index contributed by atoms with van der Waals surface area (Å²) in [6.07, 6.45) is 1.69. The SMILES string of the molecule is Cc1ccnc(N)c1C(N)c1ccc2ccccc2n1. The van der Waals surface area contributed by atoms with Crippen LogP contribution < -0.4 is 11.5 Å². The highest BCUT2D eigenvalue weighted by atomic mass is 14.9. The number of anilines is 1. The van der Waals surface area contributed by atoms with E-state index < -0.39 is 0 Å². The Balaban J connectivity index is 2.10. The van der Waals surface area contributed by atoms with Crippen molar-refractivity contribution in [3.05, 3.63) is 65.5 Å². The molecule has 1 atom stereocenters. The second-order valence-corrected chi connectivity index (χ2v) is 4.83. The molecule has 0 fully saturated rings. The molecule has 0 bridgehead atoms. The highest BCUT2D eigenvalue weighted by molar-refractivity contribution is 5.78. The molecule has 0 amide bonds. The van der Waals surface area contributed by atoms with Gasteiger partial charge in [0.25, 0.3) is 0 Å². The van der Waals surface area contributed by atoms with Gasteiger partial charge in [-0.2, -0.15) is 0 Å². The van der Waals surface area contributed by atoms with Gasteiger partial charge in [-0.25, -0.2) is 4.98 Å². The molecule has 0 saturated heterocycles. The summed E-state index contributed by atoms with van der Waals surface area (Å²) in [4.78, 5) is 8.74. The maximum absolute atomic E-state index is 6.33. The normalized spacial score (nSPS) is 12.5. The van der Waals surface area contributed by atoms with Crippen molar-refractivity contribution in [3.8, 4) is 0 Å². The summed E-state index contributed by atoms with van der Waals surface area (Å²) >= 11 is 0. The van der Waals surface area contributed by atoms with Gasteiger partial charge >= 0.3 is 0 Å². The maximum Gasteiger partial charge on any atom is 0.128 e. The Bertz CT molecular complexity index is 747. The number of aryl methyl sites for hydroxylation is 1. The van der Waals surface area contributed by atoms with Crippen molar-refractivity contribution in [3.63, 3.8) is 0 Å². The summed E-state index contributed by atoms with van der Waals surface area (Å²) in [5, 5.41) is 1.10. The third-order valence-corrected chi connectivity index (χ3v) is 3.49. The molecule has 0 aliphatic carbocycles. The van der Waals surface area contributed by atoms with E-state index in [1.54, 1.807) is 6.20 Å². The first kappa shape index (κ1) is 12.6. The van der Waals surface area contributed by atoms with Crippen molar-refractivity contribution in [1.29, 1.82) is 0 Å². The maximum atomic E-state index is 6.33. The summed E-state index contributed by atoms with van der Waals surface area (Å²) in [5.74, 6) is 0.465. The molecule has 0 aliphatic rings. The third-order valence-electron chi connectivity index (χ3n) is 3.49. The first-order valence-electron chi connectivity index (χ1n) is 6.49. The van der Waals surface area contributed by atoms with E-state index in [0.717, 1.165) is 27.7 Å². The number of fused-ring (bicyclic) bond motifs is 1. The molecule has 0 radical (unpaired) electrons. The fraction of sp³-hybridized carbons (Fsp3) is 0.125. The van der Waals surface area contributed by atoms with Crippen LogP contribution in [0.3, 0.4) is 0 Å². The van der Waals surface area contributed by atoms with Crippen LogP contribution in [0.4, 0.5) is 5.82 Å². The number of nitrogens with zero attached hydrogens (tertiary/aromatic N) is 2. The topological polar surface area (TPSA) is 77.8 Å². The molecule has 0 saturated carbocycles. The van der Waals surface area contributed by atoms with Crippen molar-refractivity contribution < 1.29 is 0 Å². The molecule has 2 heterocycles. The van der Waals surface area contributed by atoms with Gasteiger partial charge in [-0.15, -0.1) is 0 Å². The number of hydrogen-bond donors (Lipinski definition) is 2. The summed E-state index contributed by atoms with van der Waals surface area (Å²) in [7, 11) is 0. The van der Waals surface area contributed by atoms with Crippen LogP contribution in [0.15, 0.2) is 48.7 Å². The zero-order chi connectivity index (χ0) is 14.1. The molecule has 1 unspecified atom stereocenters. The number of hydrogen-bond acceptors (Lipinski definition) is 4. The summed E-state index contributed by atoms with van der Waals surface area (Å²) in [6.45, 7) is 1.98. The van der Waals surface area contributed by atoms with Crippen LogP contribution in [0.25, 0.3) is 10.9 Å². The number of nitrogens with two attached hydrogens (primary N) is 2. The van der Waals surface area contributed by atoms with Gasteiger partial charge in [0, 0.05) is 17.1 Å². The van der Waals surface area contributed by atoms with E-state index in [1.807, 2.05) is 49.4 Å². The molecule has 0 aliphatic heterocycles. The standard InChI is InChI=1S/C16H16N4/c1-10-8-9-19-16(18)14(10)15(17)13-7-6-11-4-2-3-5-12(11)20-13/h2-9,15H,17H2,1H3,(H2,18,19). The molecule has 3 aromatic rings. The molecule has 4 heteroatoms. The van der Waals surface area contributed by atoms with Gasteiger partial charge in [-0.05, 0) is 30.7 Å². The van der Waals surface area contributed by atoms with Crippen molar-refractivity contribution in [2.45, 2.75) is 13.0 Å². The van der Waals surface area contributed by atoms with E-state index in [9.17, 15) is 0 Å². The first-order chi connectivity index (χ1) is 9.66. The number of benzene rings is 1. The van der Waals surface area contributed by atoms with Crippen LogP contribution in [0.5, 0.6) is 0 Å². The first-order valence-corrected chi connectivity index (χ1v) is 6.49. The summed E-state index contributed by atoms with van der Waals surface area (Å²) in [6, 6.07) is 13.5. The lowest BCUT2D eigenvalue weighted by atomic mass is 9.99. The Hall–Kier alpha value is -2.46. The van der Waals surface area contributed by atoms with Crippen LogP contribution in [0.1, 0.15) is 22.9 Å². The van der Waals surface area contributed by atoms with Gasteiger partial charge in [0.2, 0.25) is 0 Å². The highest BCUT2D eigenvalue weighted by Crippen LogP contribution is 2.26. The lowest BCUT2D eigenvalue weighted by Gasteiger charge is -2.16. The molecular weight excluding hydrogens is 248 g/mol. The molecular formula is C16H16N4.